The summed E-state index contributed by atoms with van der Waals surface area (Å²) in [6.07, 6.45) is 0.637. The number of hydrogen-bond donors (Lipinski definition) is 1. The van der Waals surface area contributed by atoms with E-state index in [4.69, 9.17) is 10.00 Å². The first-order valence-electron chi connectivity index (χ1n) is 9.54. The molecule has 1 aliphatic rings. The van der Waals surface area contributed by atoms with E-state index in [-0.39, 0.29) is 16.2 Å². The molecule has 1 aliphatic heterocycles. The van der Waals surface area contributed by atoms with Gasteiger partial charge in [-0.05, 0) is 60.5 Å². The van der Waals surface area contributed by atoms with Gasteiger partial charge >= 0.3 is 0 Å². The number of carbonyl (C=O) groups is 1. The van der Waals surface area contributed by atoms with Crippen LogP contribution in [0.4, 0.5) is 11.4 Å². The summed E-state index contributed by atoms with van der Waals surface area (Å²) in [6.45, 7) is 0.348. The van der Waals surface area contributed by atoms with Gasteiger partial charge in [0.1, 0.15) is 5.75 Å². The maximum atomic E-state index is 13.3. The first-order valence-corrected chi connectivity index (χ1v) is 11.0. The molecule has 0 radical (unpaired) electrons. The number of rotatable bonds is 5. The smallest absolute Gasteiger partial charge is 0.264 e. The number of benzene rings is 3. The average Bonchev–Trinajstić information content (AvgIpc) is 3.24. The zero-order valence-corrected chi connectivity index (χ0v) is 17.5. The molecule has 156 valence electrons. The number of nitriles is 1. The third kappa shape index (κ3) is 3.83. The topological polar surface area (TPSA) is 99.5 Å². The van der Waals surface area contributed by atoms with Crippen molar-refractivity contribution in [2.75, 3.05) is 23.3 Å². The van der Waals surface area contributed by atoms with E-state index in [1.165, 1.54) is 29.6 Å². The Morgan fingerprint density at radius 3 is 2.55 bits per heavy atom. The van der Waals surface area contributed by atoms with E-state index in [1.807, 2.05) is 18.2 Å². The Morgan fingerprint density at radius 2 is 1.84 bits per heavy atom. The second kappa shape index (κ2) is 8.13. The lowest BCUT2D eigenvalue weighted by Crippen LogP contribution is -2.29. The van der Waals surface area contributed by atoms with Crippen molar-refractivity contribution in [3.63, 3.8) is 0 Å². The van der Waals surface area contributed by atoms with Gasteiger partial charge in [-0.25, -0.2) is 8.42 Å². The zero-order chi connectivity index (χ0) is 22.0. The number of anilines is 2. The highest BCUT2D eigenvalue weighted by Gasteiger charge is 2.31. The van der Waals surface area contributed by atoms with Crippen LogP contribution in [0.15, 0.2) is 71.6 Å². The quantitative estimate of drug-likeness (QED) is 0.663. The van der Waals surface area contributed by atoms with E-state index in [9.17, 15) is 13.2 Å². The number of nitrogens with one attached hydrogen (secondary N) is 1. The lowest BCUT2D eigenvalue weighted by atomic mass is 10.1. The summed E-state index contributed by atoms with van der Waals surface area (Å²) < 4.78 is 33.3. The van der Waals surface area contributed by atoms with Gasteiger partial charge in [0.05, 0.1) is 34.9 Å². The summed E-state index contributed by atoms with van der Waals surface area (Å²) >= 11 is 0. The molecule has 0 saturated heterocycles. The minimum absolute atomic E-state index is 0.00924. The number of amides is 1. The number of para-hydroxylation sites is 1. The molecule has 0 unspecified atom stereocenters. The van der Waals surface area contributed by atoms with Crippen LogP contribution in [0.1, 0.15) is 21.5 Å². The standard InChI is InChI=1S/C23H19N3O4S/c1-30-22-11-10-19(31(28,29)26-13-12-17-4-2-3-5-21(17)26)14-20(22)23(27)25-18-8-6-16(15-24)7-9-18/h2-11,14H,12-13H2,1H3,(H,25,27). The fourth-order valence-electron chi connectivity index (χ4n) is 3.54. The van der Waals surface area contributed by atoms with Crippen molar-refractivity contribution in [3.8, 4) is 11.8 Å². The number of nitrogens with zero attached hydrogens (tertiary/aromatic N) is 2. The Bertz CT molecular complexity index is 1300. The summed E-state index contributed by atoms with van der Waals surface area (Å²) in [4.78, 5) is 12.9. The van der Waals surface area contributed by atoms with E-state index < -0.39 is 15.9 Å². The normalized spacial score (nSPS) is 12.7. The molecule has 0 fully saturated rings. The van der Waals surface area contributed by atoms with E-state index in [0.717, 1.165) is 5.56 Å². The highest BCUT2D eigenvalue weighted by molar-refractivity contribution is 7.92. The molecule has 0 atom stereocenters. The van der Waals surface area contributed by atoms with Gasteiger partial charge in [-0.1, -0.05) is 18.2 Å². The van der Waals surface area contributed by atoms with Crippen LogP contribution >= 0.6 is 0 Å². The monoisotopic (exact) mass is 433 g/mol. The Morgan fingerprint density at radius 1 is 1.10 bits per heavy atom. The van der Waals surface area contributed by atoms with Crippen molar-refractivity contribution in [1.82, 2.24) is 0 Å². The van der Waals surface area contributed by atoms with E-state index in [2.05, 4.69) is 5.32 Å². The molecule has 4 rings (SSSR count). The van der Waals surface area contributed by atoms with Gasteiger partial charge in [-0.3, -0.25) is 9.10 Å². The van der Waals surface area contributed by atoms with Crippen LogP contribution in [0.5, 0.6) is 5.75 Å². The Hall–Kier alpha value is -3.83. The summed E-state index contributed by atoms with van der Waals surface area (Å²) in [5.74, 6) is -0.257. The largest absolute Gasteiger partial charge is 0.496 e. The van der Waals surface area contributed by atoms with Crippen molar-refractivity contribution in [3.05, 3.63) is 83.4 Å². The summed E-state index contributed by atoms with van der Waals surface area (Å²) in [5.41, 5.74) is 2.67. The van der Waals surface area contributed by atoms with E-state index in [1.54, 1.807) is 36.4 Å². The molecule has 0 saturated carbocycles. The fraction of sp³-hybridized carbons (Fsp3) is 0.130. The molecular weight excluding hydrogens is 414 g/mol. The molecule has 3 aromatic rings. The van der Waals surface area contributed by atoms with Crippen molar-refractivity contribution >= 4 is 27.3 Å². The molecule has 0 aliphatic carbocycles. The minimum Gasteiger partial charge on any atom is -0.496 e. The molecule has 3 aromatic carbocycles. The van der Waals surface area contributed by atoms with Crippen LogP contribution in [0.25, 0.3) is 0 Å². The lowest BCUT2D eigenvalue weighted by Gasteiger charge is -2.20. The van der Waals surface area contributed by atoms with Crippen LogP contribution in [0.2, 0.25) is 0 Å². The van der Waals surface area contributed by atoms with Gasteiger partial charge in [-0.15, -0.1) is 0 Å². The van der Waals surface area contributed by atoms with Crippen LogP contribution in [-0.4, -0.2) is 28.0 Å². The molecular formula is C23H19N3O4S. The maximum absolute atomic E-state index is 13.3. The molecule has 1 N–H and O–H groups in total. The minimum atomic E-state index is -3.85. The van der Waals surface area contributed by atoms with Crippen molar-refractivity contribution in [2.45, 2.75) is 11.3 Å². The summed E-state index contributed by atoms with van der Waals surface area (Å²) in [5, 5.41) is 11.6. The second-order valence-corrected chi connectivity index (χ2v) is 8.82. The van der Waals surface area contributed by atoms with Gasteiger partial charge < -0.3 is 10.1 Å². The highest BCUT2D eigenvalue weighted by Crippen LogP contribution is 2.34. The maximum Gasteiger partial charge on any atom is 0.264 e. The molecule has 7 nitrogen and oxygen atoms in total. The molecule has 31 heavy (non-hydrogen) atoms. The second-order valence-electron chi connectivity index (χ2n) is 6.96. The number of carbonyl (C=O) groups excluding carboxylic acids is 1. The zero-order valence-electron chi connectivity index (χ0n) is 16.7. The average molecular weight is 433 g/mol. The molecule has 1 heterocycles. The molecule has 1 amide bonds. The summed E-state index contributed by atoms with van der Waals surface area (Å²) in [7, 11) is -2.44. The Balaban J connectivity index is 1.67. The van der Waals surface area contributed by atoms with Crippen molar-refractivity contribution < 1.29 is 17.9 Å². The van der Waals surface area contributed by atoms with Crippen LogP contribution < -0.4 is 14.4 Å². The highest BCUT2D eigenvalue weighted by atomic mass is 32.2. The first-order chi connectivity index (χ1) is 14.9. The predicted octanol–water partition coefficient (Wildman–Crippen LogP) is 3.57. The van der Waals surface area contributed by atoms with E-state index >= 15 is 0 Å². The van der Waals surface area contributed by atoms with Gasteiger partial charge in [0.25, 0.3) is 15.9 Å². The van der Waals surface area contributed by atoms with Crippen molar-refractivity contribution in [1.29, 1.82) is 5.26 Å². The van der Waals surface area contributed by atoms with Crippen LogP contribution in [-0.2, 0) is 16.4 Å². The van der Waals surface area contributed by atoms with Gasteiger partial charge in [0.15, 0.2) is 0 Å². The third-order valence-corrected chi connectivity index (χ3v) is 6.93. The first kappa shape index (κ1) is 20.4. The predicted molar refractivity (Wildman–Crippen MR) is 117 cm³/mol. The molecule has 0 bridgehead atoms. The van der Waals surface area contributed by atoms with Crippen LogP contribution in [0, 0.1) is 11.3 Å². The Labute approximate surface area is 180 Å². The summed E-state index contributed by atoms with van der Waals surface area (Å²) in [6, 6.07) is 20.0. The lowest BCUT2D eigenvalue weighted by molar-refractivity contribution is 0.102. The SMILES string of the molecule is COc1ccc(S(=O)(=O)N2CCc3ccccc32)cc1C(=O)Nc1ccc(C#N)cc1. The number of hydrogen-bond acceptors (Lipinski definition) is 5. The fourth-order valence-corrected chi connectivity index (χ4v) is 5.07. The molecule has 0 spiro atoms. The number of fused-ring (bicyclic) bond motifs is 1. The van der Waals surface area contributed by atoms with Crippen molar-refractivity contribution in [2.24, 2.45) is 0 Å². The third-order valence-electron chi connectivity index (χ3n) is 5.12. The number of ether oxygens (including phenoxy) is 1. The van der Waals surface area contributed by atoms with E-state index in [0.29, 0.717) is 29.9 Å². The Kier molecular flexibility index (Phi) is 5.36. The van der Waals surface area contributed by atoms with Gasteiger partial charge in [0.2, 0.25) is 0 Å². The van der Waals surface area contributed by atoms with Gasteiger partial charge in [0, 0.05) is 12.2 Å². The van der Waals surface area contributed by atoms with Crippen LogP contribution in [0.3, 0.4) is 0 Å². The molecule has 8 heteroatoms. The number of methoxy groups -OCH3 is 1. The number of sulfonamides is 1. The molecule has 0 aromatic heterocycles. The van der Waals surface area contributed by atoms with Gasteiger partial charge in [-0.2, -0.15) is 5.26 Å².